The molecule has 0 bridgehead atoms. The third-order valence-corrected chi connectivity index (χ3v) is 5.97. The van der Waals surface area contributed by atoms with Crippen LogP contribution in [0.15, 0.2) is 71.8 Å². The van der Waals surface area contributed by atoms with E-state index in [-0.39, 0.29) is 11.7 Å². The molecule has 1 unspecified atom stereocenters. The smallest absolute Gasteiger partial charge is 0.387 e. The van der Waals surface area contributed by atoms with Gasteiger partial charge in [-0.1, -0.05) is 30.3 Å². The van der Waals surface area contributed by atoms with Crippen molar-refractivity contribution < 1.29 is 27.8 Å². The van der Waals surface area contributed by atoms with E-state index in [0.717, 1.165) is 11.1 Å². The molecule has 9 heteroatoms. The minimum atomic E-state index is -2.90. The van der Waals surface area contributed by atoms with Gasteiger partial charge in [0.25, 0.3) is 0 Å². The summed E-state index contributed by atoms with van der Waals surface area (Å²) in [6.45, 7) is 2.92. The highest BCUT2D eigenvalue weighted by Gasteiger charge is 2.34. The van der Waals surface area contributed by atoms with Gasteiger partial charge in [0.2, 0.25) is 5.79 Å². The van der Waals surface area contributed by atoms with Crippen LogP contribution in [0.1, 0.15) is 36.5 Å². The molecule has 0 aromatic heterocycles. The third kappa shape index (κ3) is 4.82. The zero-order valence-electron chi connectivity index (χ0n) is 20.0. The van der Waals surface area contributed by atoms with Crippen molar-refractivity contribution in [2.45, 2.75) is 39.1 Å². The fourth-order valence-corrected chi connectivity index (χ4v) is 4.33. The number of anilines is 1. The maximum atomic E-state index is 13.3. The number of rotatable bonds is 5. The molecule has 1 N–H and O–H groups in total. The summed E-state index contributed by atoms with van der Waals surface area (Å²) in [6.07, 6.45) is 0. The Bertz CT molecular complexity index is 1310. The summed E-state index contributed by atoms with van der Waals surface area (Å²) in [4.78, 5) is 13.3. The number of hydrogen-bond donors (Lipinski definition) is 1. The first-order valence-corrected chi connectivity index (χ1v) is 11.5. The van der Waals surface area contributed by atoms with Gasteiger partial charge in [-0.05, 0) is 53.9 Å². The number of fused-ring (bicyclic) bond motifs is 1. The van der Waals surface area contributed by atoms with Crippen molar-refractivity contribution in [3.8, 4) is 17.2 Å². The van der Waals surface area contributed by atoms with E-state index in [1.165, 1.54) is 17.1 Å². The third-order valence-electron chi connectivity index (χ3n) is 5.97. The molecule has 0 aliphatic carbocycles. The van der Waals surface area contributed by atoms with Crippen LogP contribution in [0.25, 0.3) is 0 Å². The fourth-order valence-electron chi connectivity index (χ4n) is 4.33. The maximum Gasteiger partial charge on any atom is 0.387 e. The van der Waals surface area contributed by atoms with Gasteiger partial charge in [0, 0.05) is 31.5 Å². The number of alkyl halides is 2. The molecule has 2 amide bonds. The number of nitrogens with one attached hydrogen (secondary N) is 1. The molecule has 0 radical (unpaired) electrons. The van der Waals surface area contributed by atoms with Crippen LogP contribution >= 0.6 is 0 Å². The lowest BCUT2D eigenvalue weighted by Gasteiger charge is -2.17. The number of nitrogens with zero attached hydrogens (tertiary/aromatic N) is 2. The molecular weight excluding hydrogens is 468 g/mol. The van der Waals surface area contributed by atoms with Gasteiger partial charge in [0.15, 0.2) is 11.5 Å². The van der Waals surface area contributed by atoms with Crippen LogP contribution in [0.2, 0.25) is 0 Å². The van der Waals surface area contributed by atoms with Gasteiger partial charge >= 0.3 is 12.6 Å². The molecule has 0 saturated carbocycles. The number of halogens is 2. The van der Waals surface area contributed by atoms with Gasteiger partial charge in [0.1, 0.15) is 5.75 Å². The first-order valence-electron chi connectivity index (χ1n) is 11.5. The molecule has 2 heterocycles. The van der Waals surface area contributed by atoms with E-state index in [9.17, 15) is 13.6 Å². The highest BCUT2D eigenvalue weighted by molar-refractivity contribution is 6.08. The largest absolute Gasteiger partial charge is 0.449 e. The Labute approximate surface area is 207 Å². The Morgan fingerprint density at radius 3 is 2.42 bits per heavy atom. The van der Waals surface area contributed by atoms with E-state index in [1.54, 1.807) is 18.2 Å². The van der Waals surface area contributed by atoms with E-state index in [1.807, 2.05) is 57.2 Å². The number of benzene rings is 3. The first kappa shape index (κ1) is 23.6. The van der Waals surface area contributed by atoms with Gasteiger partial charge in [-0.2, -0.15) is 13.9 Å². The van der Waals surface area contributed by atoms with Crippen molar-refractivity contribution >= 4 is 17.4 Å². The number of amides is 2. The predicted molar refractivity (Wildman–Crippen MR) is 131 cm³/mol. The molecule has 0 fully saturated rings. The second-order valence-corrected chi connectivity index (χ2v) is 9.08. The molecule has 2 aliphatic rings. The summed E-state index contributed by atoms with van der Waals surface area (Å²) < 4.78 is 41.1. The monoisotopic (exact) mass is 493 g/mol. The zero-order chi connectivity index (χ0) is 25.4. The molecule has 3 aromatic carbocycles. The lowest BCUT2D eigenvalue weighted by molar-refractivity contribution is -0.0499. The van der Waals surface area contributed by atoms with Crippen LogP contribution in [0, 0.1) is 6.92 Å². The average molecular weight is 494 g/mol. The Kier molecular flexibility index (Phi) is 5.99. The van der Waals surface area contributed by atoms with E-state index in [4.69, 9.17) is 9.47 Å². The second-order valence-electron chi connectivity index (χ2n) is 9.08. The number of hydrogen-bond acceptors (Lipinski definition) is 5. The number of urea groups is 1. The van der Waals surface area contributed by atoms with E-state index >= 15 is 0 Å². The number of aryl methyl sites for hydroxylation is 1. The van der Waals surface area contributed by atoms with Gasteiger partial charge in [-0.25, -0.2) is 9.80 Å². The summed E-state index contributed by atoms with van der Waals surface area (Å²) in [6, 6.07) is 19.1. The SMILES string of the molecule is Cc1cc2c(cc1NC(=O)N1CC(c3ccccc3)C(c3ccc(OC(F)F)cc3)=N1)OC(C)(C)O2. The van der Waals surface area contributed by atoms with Crippen molar-refractivity contribution in [3.05, 3.63) is 83.4 Å². The lowest BCUT2D eigenvalue weighted by Crippen LogP contribution is -2.30. The van der Waals surface area contributed by atoms with E-state index in [2.05, 4.69) is 15.2 Å². The van der Waals surface area contributed by atoms with Crippen LogP contribution in [0.5, 0.6) is 17.2 Å². The van der Waals surface area contributed by atoms with Crippen molar-refractivity contribution in [3.63, 3.8) is 0 Å². The van der Waals surface area contributed by atoms with Crippen LogP contribution in [0.3, 0.4) is 0 Å². The van der Waals surface area contributed by atoms with Crippen LogP contribution < -0.4 is 19.5 Å². The predicted octanol–water partition coefficient (Wildman–Crippen LogP) is 6.14. The highest BCUT2D eigenvalue weighted by atomic mass is 19.3. The molecule has 186 valence electrons. The van der Waals surface area contributed by atoms with Gasteiger partial charge in [-0.15, -0.1) is 0 Å². The van der Waals surface area contributed by atoms with Crippen molar-refractivity contribution in [1.82, 2.24) is 5.01 Å². The molecule has 3 aromatic rings. The van der Waals surface area contributed by atoms with Crippen LogP contribution in [0.4, 0.5) is 19.3 Å². The van der Waals surface area contributed by atoms with E-state index < -0.39 is 18.4 Å². The fraction of sp³-hybridized carbons (Fsp3) is 0.259. The van der Waals surface area contributed by atoms with E-state index in [0.29, 0.717) is 35.0 Å². The summed E-state index contributed by atoms with van der Waals surface area (Å²) in [5.74, 6) is 0.266. The minimum Gasteiger partial charge on any atom is -0.449 e. The maximum absolute atomic E-state index is 13.3. The Hall–Kier alpha value is -4.14. The van der Waals surface area contributed by atoms with Crippen LogP contribution in [-0.2, 0) is 0 Å². The minimum absolute atomic E-state index is 0.0552. The zero-order valence-corrected chi connectivity index (χ0v) is 20.0. The van der Waals surface area contributed by atoms with Crippen molar-refractivity contribution in [2.75, 3.05) is 11.9 Å². The Morgan fingerprint density at radius 2 is 1.75 bits per heavy atom. The van der Waals surface area contributed by atoms with Gasteiger partial charge in [-0.3, -0.25) is 0 Å². The van der Waals surface area contributed by atoms with Crippen molar-refractivity contribution in [1.29, 1.82) is 0 Å². The van der Waals surface area contributed by atoms with Crippen molar-refractivity contribution in [2.24, 2.45) is 5.10 Å². The number of carbonyl (C=O) groups excluding carboxylic acids is 1. The van der Waals surface area contributed by atoms with Gasteiger partial charge < -0.3 is 19.5 Å². The lowest BCUT2D eigenvalue weighted by atomic mass is 9.90. The summed E-state index contributed by atoms with van der Waals surface area (Å²) in [7, 11) is 0. The Morgan fingerprint density at radius 1 is 1.08 bits per heavy atom. The quantitative estimate of drug-likeness (QED) is 0.464. The second kappa shape index (κ2) is 9.14. The molecule has 0 spiro atoms. The summed E-state index contributed by atoms with van der Waals surface area (Å²) in [5.41, 5.74) is 3.77. The topological polar surface area (TPSA) is 72.4 Å². The van der Waals surface area contributed by atoms with Gasteiger partial charge in [0.05, 0.1) is 12.3 Å². The molecule has 2 aliphatic heterocycles. The molecule has 1 atom stereocenters. The normalized spacial score (nSPS) is 17.8. The molecule has 0 saturated heterocycles. The molecule has 7 nitrogen and oxygen atoms in total. The molecular formula is C27H25F2N3O4. The average Bonchev–Trinajstić information content (AvgIpc) is 3.40. The first-order chi connectivity index (χ1) is 17.2. The molecule has 36 heavy (non-hydrogen) atoms. The standard InChI is InChI=1S/C27H25F2N3O4/c1-16-13-22-23(36-27(2,3)35-22)14-21(16)30-26(33)32-15-20(17-7-5-4-6-8-17)24(31-32)18-9-11-19(12-10-18)34-25(28)29/h4-14,20,25H,15H2,1-3H3,(H,30,33). The summed E-state index contributed by atoms with van der Waals surface area (Å²) >= 11 is 0. The number of ether oxygens (including phenoxy) is 3. The van der Waals surface area contributed by atoms with Crippen LogP contribution in [-0.4, -0.2) is 35.7 Å². The summed E-state index contributed by atoms with van der Waals surface area (Å²) in [5, 5.41) is 8.93. The number of carbonyl (C=O) groups is 1. The Balaban J connectivity index is 1.41. The molecule has 5 rings (SSSR count). The highest BCUT2D eigenvalue weighted by Crippen LogP contribution is 2.42. The number of hydrazone groups is 1.